The molecule has 0 heterocycles. The molecule has 0 aliphatic rings. The second kappa shape index (κ2) is 9.75. The third-order valence-electron chi connectivity index (χ3n) is 3.92. The Kier molecular flexibility index (Phi) is 7.39. The molecule has 2 aromatic carbocycles. The number of benzene rings is 2. The molecule has 9 heteroatoms. The molecule has 8 nitrogen and oxygen atoms in total. The van der Waals surface area contributed by atoms with Crippen molar-refractivity contribution in [3.63, 3.8) is 0 Å². The zero-order valence-electron chi connectivity index (χ0n) is 15.7. The molecule has 0 saturated carbocycles. The zero-order chi connectivity index (χ0) is 20.7. The highest BCUT2D eigenvalue weighted by atomic mass is 32.2. The van der Waals surface area contributed by atoms with E-state index in [-0.39, 0.29) is 11.3 Å². The number of nitro groups is 1. The van der Waals surface area contributed by atoms with Crippen molar-refractivity contribution in [3.8, 4) is 5.75 Å². The summed E-state index contributed by atoms with van der Waals surface area (Å²) in [6.07, 6.45) is 1.71. The number of esters is 1. The van der Waals surface area contributed by atoms with Gasteiger partial charge in [-0.1, -0.05) is 12.1 Å². The van der Waals surface area contributed by atoms with Gasteiger partial charge in [0, 0.05) is 19.7 Å². The molecular formula is C19H20N2O6S. The van der Waals surface area contributed by atoms with Crippen LogP contribution in [0.4, 0.5) is 5.69 Å². The number of amides is 1. The largest absolute Gasteiger partial charge is 0.497 e. The molecule has 0 unspecified atom stereocenters. The lowest BCUT2D eigenvalue weighted by Crippen LogP contribution is -2.30. The number of carbonyl (C=O) groups is 2. The zero-order valence-corrected chi connectivity index (χ0v) is 16.5. The van der Waals surface area contributed by atoms with E-state index in [4.69, 9.17) is 9.47 Å². The van der Waals surface area contributed by atoms with Crippen molar-refractivity contribution in [3.05, 3.63) is 63.7 Å². The maximum atomic E-state index is 12.2. The Hall–Kier alpha value is -3.07. The number of ether oxygens (including phenoxy) is 2. The number of carbonyl (C=O) groups excluding carboxylic acids is 2. The average Bonchev–Trinajstić information content (AvgIpc) is 2.71. The van der Waals surface area contributed by atoms with Crippen LogP contribution in [0.3, 0.4) is 0 Å². The molecular weight excluding hydrogens is 384 g/mol. The first-order chi connectivity index (χ1) is 13.3. The van der Waals surface area contributed by atoms with E-state index in [0.717, 1.165) is 11.6 Å². The Labute approximate surface area is 166 Å². The van der Waals surface area contributed by atoms with Crippen molar-refractivity contribution in [2.24, 2.45) is 0 Å². The minimum atomic E-state index is -0.793. The normalized spacial score (nSPS) is 10.2. The Morgan fingerprint density at radius 3 is 2.61 bits per heavy atom. The summed E-state index contributed by atoms with van der Waals surface area (Å²) in [7, 11) is 3.15. The summed E-state index contributed by atoms with van der Waals surface area (Å²) in [6, 6.07) is 11.3. The Morgan fingerprint density at radius 2 is 1.96 bits per heavy atom. The first-order valence-electron chi connectivity index (χ1n) is 8.22. The lowest BCUT2D eigenvalue weighted by atomic mass is 10.2. The highest BCUT2D eigenvalue weighted by molar-refractivity contribution is 7.98. The fourth-order valence-corrected chi connectivity index (χ4v) is 2.96. The molecule has 0 saturated heterocycles. The monoisotopic (exact) mass is 404 g/mol. The Balaban J connectivity index is 1.97. The number of hydrogen-bond donors (Lipinski definition) is 0. The fourth-order valence-electron chi connectivity index (χ4n) is 2.41. The van der Waals surface area contributed by atoms with E-state index in [9.17, 15) is 19.7 Å². The SMILES string of the molecule is COc1cccc(CN(C)C(=O)COC(=O)c2ccc(SC)c([N+](=O)[O-])c2)c1. The third-order valence-corrected chi connectivity index (χ3v) is 4.70. The molecule has 0 aliphatic heterocycles. The number of hydrogen-bond acceptors (Lipinski definition) is 7. The van der Waals surface area contributed by atoms with Crippen LogP contribution < -0.4 is 4.74 Å². The van der Waals surface area contributed by atoms with Crippen LogP contribution in [0.25, 0.3) is 0 Å². The quantitative estimate of drug-likeness (QED) is 0.288. The van der Waals surface area contributed by atoms with Crippen LogP contribution in [0, 0.1) is 10.1 Å². The lowest BCUT2D eigenvalue weighted by Gasteiger charge is -2.17. The third kappa shape index (κ3) is 5.46. The van der Waals surface area contributed by atoms with Gasteiger partial charge < -0.3 is 14.4 Å². The van der Waals surface area contributed by atoms with Crippen LogP contribution >= 0.6 is 11.8 Å². The number of thioether (sulfide) groups is 1. The molecule has 0 radical (unpaired) electrons. The van der Waals surface area contributed by atoms with Gasteiger partial charge in [-0.2, -0.15) is 0 Å². The molecule has 0 aliphatic carbocycles. The highest BCUT2D eigenvalue weighted by Gasteiger charge is 2.19. The number of methoxy groups -OCH3 is 1. The van der Waals surface area contributed by atoms with Gasteiger partial charge in [-0.05, 0) is 36.1 Å². The molecule has 0 fully saturated rings. The smallest absolute Gasteiger partial charge is 0.338 e. The van der Waals surface area contributed by atoms with E-state index in [0.29, 0.717) is 17.2 Å². The molecule has 1 amide bonds. The summed E-state index contributed by atoms with van der Waals surface area (Å²) in [4.78, 5) is 36.8. The second-order valence-electron chi connectivity index (χ2n) is 5.82. The van der Waals surface area contributed by atoms with Crippen LogP contribution in [0.15, 0.2) is 47.4 Å². The maximum absolute atomic E-state index is 12.2. The lowest BCUT2D eigenvalue weighted by molar-refractivity contribution is -0.387. The summed E-state index contributed by atoms with van der Waals surface area (Å²) in [5.41, 5.74) is 0.709. The number of nitrogens with zero attached hydrogens (tertiary/aromatic N) is 2. The van der Waals surface area contributed by atoms with Gasteiger partial charge in [0.2, 0.25) is 0 Å². The molecule has 2 aromatic rings. The van der Waals surface area contributed by atoms with Crippen molar-refractivity contribution in [2.45, 2.75) is 11.4 Å². The van der Waals surface area contributed by atoms with Gasteiger partial charge in [-0.15, -0.1) is 11.8 Å². The minimum Gasteiger partial charge on any atom is -0.497 e. The van der Waals surface area contributed by atoms with Crippen molar-refractivity contribution >= 4 is 29.3 Å². The summed E-state index contributed by atoms with van der Waals surface area (Å²) in [5, 5.41) is 11.1. The molecule has 2 rings (SSSR count). The highest BCUT2D eigenvalue weighted by Crippen LogP contribution is 2.28. The van der Waals surface area contributed by atoms with Gasteiger partial charge >= 0.3 is 5.97 Å². The van der Waals surface area contributed by atoms with Crippen molar-refractivity contribution < 1.29 is 24.0 Å². The van der Waals surface area contributed by atoms with E-state index >= 15 is 0 Å². The van der Waals surface area contributed by atoms with Crippen LogP contribution in [-0.4, -0.2) is 48.7 Å². The van der Waals surface area contributed by atoms with Crippen LogP contribution in [0.2, 0.25) is 0 Å². The number of rotatable bonds is 8. The maximum Gasteiger partial charge on any atom is 0.338 e. The minimum absolute atomic E-state index is 0.0211. The van der Waals surface area contributed by atoms with Gasteiger partial charge in [0.05, 0.1) is 22.5 Å². The summed E-state index contributed by atoms with van der Waals surface area (Å²) in [6.45, 7) is -0.140. The molecule has 0 spiro atoms. The van der Waals surface area contributed by atoms with Crippen molar-refractivity contribution in [2.75, 3.05) is 27.0 Å². The van der Waals surface area contributed by atoms with E-state index in [1.54, 1.807) is 26.5 Å². The number of likely N-dealkylation sites (N-methyl/N-ethyl adjacent to an activating group) is 1. The number of nitro benzene ring substituents is 1. The van der Waals surface area contributed by atoms with Gasteiger partial charge in [-0.25, -0.2) is 4.79 Å². The first-order valence-corrected chi connectivity index (χ1v) is 9.44. The molecule has 0 bridgehead atoms. The van der Waals surface area contributed by atoms with Crippen molar-refractivity contribution in [1.82, 2.24) is 4.90 Å². The van der Waals surface area contributed by atoms with E-state index < -0.39 is 23.4 Å². The standard InChI is InChI=1S/C19H20N2O6S/c1-20(11-13-5-4-6-15(9-13)26-2)18(22)12-27-19(23)14-7-8-17(28-3)16(10-14)21(24)25/h4-10H,11-12H2,1-3H3. The summed E-state index contributed by atoms with van der Waals surface area (Å²) < 4.78 is 10.2. The van der Waals surface area contributed by atoms with E-state index in [1.807, 2.05) is 18.2 Å². The summed E-state index contributed by atoms with van der Waals surface area (Å²) >= 11 is 1.21. The molecule has 28 heavy (non-hydrogen) atoms. The van der Waals surface area contributed by atoms with Gasteiger partial charge in [-0.3, -0.25) is 14.9 Å². The van der Waals surface area contributed by atoms with E-state index in [2.05, 4.69) is 0 Å². The van der Waals surface area contributed by atoms with Crippen LogP contribution in [0.5, 0.6) is 5.75 Å². The van der Waals surface area contributed by atoms with Crippen LogP contribution in [-0.2, 0) is 16.1 Å². The van der Waals surface area contributed by atoms with Gasteiger partial charge in [0.1, 0.15) is 5.75 Å². The fraction of sp³-hybridized carbons (Fsp3) is 0.263. The average molecular weight is 404 g/mol. The molecule has 0 N–H and O–H groups in total. The summed E-state index contributed by atoms with van der Waals surface area (Å²) in [5.74, 6) is -0.509. The van der Waals surface area contributed by atoms with Crippen LogP contribution in [0.1, 0.15) is 15.9 Å². The predicted octanol–water partition coefficient (Wildman–Crippen LogP) is 3.14. The topological polar surface area (TPSA) is 99.0 Å². The molecule has 0 aromatic heterocycles. The first kappa shape index (κ1) is 21.2. The van der Waals surface area contributed by atoms with Crippen molar-refractivity contribution in [1.29, 1.82) is 0 Å². The van der Waals surface area contributed by atoms with Gasteiger partial charge in [0.25, 0.3) is 11.6 Å². The Morgan fingerprint density at radius 1 is 1.21 bits per heavy atom. The van der Waals surface area contributed by atoms with Gasteiger partial charge in [0.15, 0.2) is 6.61 Å². The second-order valence-corrected chi connectivity index (χ2v) is 6.67. The molecule has 0 atom stereocenters. The molecule has 148 valence electrons. The predicted molar refractivity (Wildman–Crippen MR) is 105 cm³/mol. The van der Waals surface area contributed by atoms with E-state index in [1.165, 1.54) is 28.8 Å². The Bertz CT molecular complexity index is 886.